The Morgan fingerprint density at radius 3 is 2.77 bits per heavy atom. The van der Waals surface area contributed by atoms with Gasteiger partial charge in [-0.2, -0.15) is 0 Å². The van der Waals surface area contributed by atoms with Crippen molar-refractivity contribution >= 4 is 43.9 Å². The summed E-state index contributed by atoms with van der Waals surface area (Å²) in [5.74, 6) is -0.187. The molecule has 0 spiro atoms. The summed E-state index contributed by atoms with van der Waals surface area (Å²) in [6, 6.07) is 18.5. The van der Waals surface area contributed by atoms with E-state index in [1.54, 1.807) is 22.7 Å². The largest absolute Gasteiger partial charge is 0.364 e. The van der Waals surface area contributed by atoms with Gasteiger partial charge in [0.05, 0.1) is 22.5 Å². The molecular weight excluding hydrogens is 428 g/mol. The number of amides is 1. The van der Waals surface area contributed by atoms with Crippen LogP contribution in [0, 0.1) is 0 Å². The third-order valence-electron chi connectivity index (χ3n) is 5.10. The predicted molar refractivity (Wildman–Crippen MR) is 124 cm³/mol. The van der Waals surface area contributed by atoms with Gasteiger partial charge in [0.25, 0.3) is 5.91 Å². The van der Waals surface area contributed by atoms with Gasteiger partial charge in [-0.15, -0.1) is 22.7 Å². The molecule has 158 valence electrons. The average molecular weight is 451 g/mol. The van der Waals surface area contributed by atoms with E-state index < -0.39 is 0 Å². The molecule has 0 bridgehead atoms. The lowest BCUT2D eigenvalue weighted by atomic mass is 10.1. The van der Waals surface area contributed by atoms with Crippen LogP contribution in [0.2, 0.25) is 0 Å². The van der Waals surface area contributed by atoms with E-state index in [9.17, 15) is 4.79 Å². The molecule has 4 aromatic rings. The number of anilines is 1. The van der Waals surface area contributed by atoms with Crippen molar-refractivity contribution in [2.45, 2.75) is 26.1 Å². The van der Waals surface area contributed by atoms with Crippen LogP contribution in [0.5, 0.6) is 0 Å². The Hall–Kier alpha value is -2.65. The molecule has 2 aromatic carbocycles. The lowest BCUT2D eigenvalue weighted by Gasteiger charge is -2.25. The summed E-state index contributed by atoms with van der Waals surface area (Å²) in [6.45, 7) is 3.09. The third-order valence-corrected chi connectivity index (χ3v) is 7.11. The number of ether oxygens (including phenoxy) is 1. The van der Waals surface area contributed by atoms with Crippen LogP contribution < -0.4 is 5.32 Å². The van der Waals surface area contributed by atoms with Crippen LogP contribution in [0.4, 0.5) is 5.13 Å². The Morgan fingerprint density at radius 1 is 1.06 bits per heavy atom. The van der Waals surface area contributed by atoms with Crippen molar-refractivity contribution in [1.29, 1.82) is 0 Å². The van der Waals surface area contributed by atoms with E-state index >= 15 is 0 Å². The summed E-state index contributed by atoms with van der Waals surface area (Å²) < 4.78 is 6.70. The highest BCUT2D eigenvalue weighted by Crippen LogP contribution is 2.29. The molecule has 1 N–H and O–H groups in total. The summed E-state index contributed by atoms with van der Waals surface area (Å²) in [5.41, 5.74) is 3.37. The molecule has 1 aliphatic heterocycles. The fourth-order valence-corrected chi connectivity index (χ4v) is 5.62. The van der Waals surface area contributed by atoms with Crippen molar-refractivity contribution in [2.75, 3.05) is 18.5 Å². The lowest BCUT2D eigenvalue weighted by molar-refractivity contribution is -0.121. The fourth-order valence-electron chi connectivity index (χ4n) is 3.65. The van der Waals surface area contributed by atoms with Gasteiger partial charge in [0.1, 0.15) is 11.6 Å². The zero-order valence-corrected chi connectivity index (χ0v) is 18.5. The van der Waals surface area contributed by atoms with Crippen LogP contribution in [0.1, 0.15) is 21.1 Å². The normalized spacial score (nSPS) is 13.9. The predicted octanol–water partition coefficient (Wildman–Crippen LogP) is 4.47. The molecule has 1 aliphatic rings. The van der Waals surface area contributed by atoms with Crippen LogP contribution in [-0.2, 0) is 35.6 Å². The van der Waals surface area contributed by atoms with E-state index in [1.165, 1.54) is 10.4 Å². The number of fused-ring (bicyclic) bond motifs is 2. The average Bonchev–Trinajstić information content (AvgIpc) is 3.37. The highest BCUT2D eigenvalue weighted by atomic mass is 32.1. The second kappa shape index (κ2) is 9.23. The SMILES string of the molecule is O=C(COCc1nc2ccccc2s1)Nc1nc2c(s1)CN(Cc1ccccc1)CC2. The molecule has 0 atom stereocenters. The monoisotopic (exact) mass is 450 g/mol. The number of carbonyl (C=O) groups is 1. The molecule has 2 aromatic heterocycles. The van der Waals surface area contributed by atoms with E-state index in [1.807, 2.05) is 30.3 Å². The Labute approximate surface area is 188 Å². The number of thiazole rings is 2. The topological polar surface area (TPSA) is 67.3 Å². The van der Waals surface area contributed by atoms with Crippen molar-refractivity contribution < 1.29 is 9.53 Å². The molecule has 6 nitrogen and oxygen atoms in total. The summed E-state index contributed by atoms with van der Waals surface area (Å²) in [5, 5.41) is 4.41. The summed E-state index contributed by atoms with van der Waals surface area (Å²) in [6.07, 6.45) is 0.905. The maximum absolute atomic E-state index is 12.3. The zero-order chi connectivity index (χ0) is 21.0. The van der Waals surface area contributed by atoms with Gasteiger partial charge in [-0.1, -0.05) is 42.5 Å². The number of hydrogen-bond donors (Lipinski definition) is 1. The van der Waals surface area contributed by atoms with Crippen molar-refractivity contribution in [2.24, 2.45) is 0 Å². The fraction of sp³-hybridized carbons (Fsp3) is 0.261. The van der Waals surface area contributed by atoms with Crippen molar-refractivity contribution in [1.82, 2.24) is 14.9 Å². The number of nitrogens with zero attached hydrogens (tertiary/aromatic N) is 3. The minimum Gasteiger partial charge on any atom is -0.364 e. The Balaban J connectivity index is 1.12. The quantitative estimate of drug-likeness (QED) is 0.450. The smallest absolute Gasteiger partial charge is 0.252 e. The number of para-hydroxylation sites is 1. The number of benzene rings is 2. The Bertz CT molecular complexity index is 1160. The molecule has 0 saturated heterocycles. The van der Waals surface area contributed by atoms with Gasteiger partial charge < -0.3 is 4.74 Å². The number of carbonyl (C=O) groups excluding carboxylic acids is 1. The minimum atomic E-state index is -0.187. The molecule has 0 saturated carbocycles. The first-order valence-corrected chi connectivity index (χ1v) is 11.8. The van der Waals surface area contributed by atoms with Gasteiger partial charge >= 0.3 is 0 Å². The maximum atomic E-state index is 12.3. The van der Waals surface area contributed by atoms with Gasteiger partial charge in [-0.05, 0) is 17.7 Å². The lowest BCUT2D eigenvalue weighted by Crippen LogP contribution is -2.29. The van der Waals surface area contributed by atoms with Gasteiger partial charge in [-0.3, -0.25) is 15.0 Å². The summed E-state index contributed by atoms with van der Waals surface area (Å²) >= 11 is 3.15. The molecule has 8 heteroatoms. The third kappa shape index (κ3) is 4.99. The standard InChI is InChI=1S/C23H22N4O2S2/c28-21(14-29-15-22-24-17-8-4-5-9-19(17)30-22)26-23-25-18-10-11-27(13-20(18)31-23)12-16-6-2-1-3-7-16/h1-9H,10-15H2,(H,25,26,28). The Morgan fingerprint density at radius 2 is 1.90 bits per heavy atom. The van der Waals surface area contributed by atoms with E-state index in [0.717, 1.165) is 47.0 Å². The van der Waals surface area contributed by atoms with Crippen LogP contribution in [-0.4, -0.2) is 33.9 Å². The number of nitrogens with one attached hydrogen (secondary N) is 1. The number of hydrogen-bond acceptors (Lipinski definition) is 7. The van der Waals surface area contributed by atoms with Crippen LogP contribution in [0.3, 0.4) is 0 Å². The van der Waals surface area contributed by atoms with E-state index in [-0.39, 0.29) is 12.5 Å². The first kappa shape index (κ1) is 20.3. The molecule has 5 rings (SSSR count). The molecule has 0 aliphatic carbocycles. The van der Waals surface area contributed by atoms with Crippen LogP contribution >= 0.6 is 22.7 Å². The number of aromatic nitrogens is 2. The zero-order valence-electron chi connectivity index (χ0n) is 16.9. The molecule has 31 heavy (non-hydrogen) atoms. The van der Waals surface area contributed by atoms with Crippen molar-refractivity contribution in [3.63, 3.8) is 0 Å². The van der Waals surface area contributed by atoms with E-state index in [2.05, 4.69) is 44.5 Å². The highest BCUT2D eigenvalue weighted by Gasteiger charge is 2.21. The maximum Gasteiger partial charge on any atom is 0.252 e. The van der Waals surface area contributed by atoms with Crippen molar-refractivity contribution in [3.05, 3.63) is 75.7 Å². The first-order chi connectivity index (χ1) is 15.2. The highest BCUT2D eigenvalue weighted by molar-refractivity contribution is 7.18. The summed E-state index contributed by atoms with van der Waals surface area (Å²) in [4.78, 5) is 25.1. The van der Waals surface area contributed by atoms with E-state index in [0.29, 0.717) is 11.7 Å². The molecular formula is C23H22N4O2S2. The first-order valence-electron chi connectivity index (χ1n) is 10.2. The second-order valence-corrected chi connectivity index (χ2v) is 9.65. The number of rotatable bonds is 7. The van der Waals surface area contributed by atoms with Crippen LogP contribution in [0.15, 0.2) is 54.6 Å². The minimum absolute atomic E-state index is 0.0136. The molecule has 0 fully saturated rings. The van der Waals surface area contributed by atoms with Gasteiger partial charge in [-0.25, -0.2) is 9.97 Å². The molecule has 0 radical (unpaired) electrons. The second-order valence-electron chi connectivity index (χ2n) is 7.45. The van der Waals surface area contributed by atoms with Gasteiger partial charge in [0.15, 0.2) is 5.13 Å². The molecule has 0 unspecified atom stereocenters. The molecule has 1 amide bonds. The molecule has 3 heterocycles. The van der Waals surface area contributed by atoms with Crippen LogP contribution in [0.25, 0.3) is 10.2 Å². The van der Waals surface area contributed by atoms with Gasteiger partial charge in [0, 0.05) is 30.9 Å². The van der Waals surface area contributed by atoms with E-state index in [4.69, 9.17) is 4.74 Å². The van der Waals surface area contributed by atoms with Crippen molar-refractivity contribution in [3.8, 4) is 0 Å². The Kier molecular flexibility index (Phi) is 6.04. The van der Waals surface area contributed by atoms with Gasteiger partial charge in [0.2, 0.25) is 0 Å². The summed E-state index contributed by atoms with van der Waals surface area (Å²) in [7, 11) is 0.